The molecule has 0 bridgehead atoms. The first-order valence-corrected chi connectivity index (χ1v) is 14.9. The molecule has 1 fully saturated rings. The second-order valence-corrected chi connectivity index (χ2v) is 14.1. The van der Waals surface area contributed by atoms with Gasteiger partial charge in [0.25, 0.3) is 11.8 Å². The molecule has 10 heteroatoms. The predicted molar refractivity (Wildman–Crippen MR) is 134 cm³/mol. The third-order valence-electron chi connectivity index (χ3n) is 5.05. The molecule has 0 aliphatic carbocycles. The van der Waals surface area contributed by atoms with E-state index in [2.05, 4.69) is 0 Å². The van der Waals surface area contributed by atoms with Gasteiger partial charge in [-0.15, -0.1) is 23.5 Å². The fourth-order valence-electron chi connectivity index (χ4n) is 3.61. The van der Waals surface area contributed by atoms with Gasteiger partial charge in [0.15, 0.2) is 0 Å². The molecule has 2 rings (SSSR count). The Kier molecular flexibility index (Phi) is 9.91. The summed E-state index contributed by atoms with van der Waals surface area (Å²) in [5.74, 6) is -0.681. The molecular formula is C21H32N2O4S4. The van der Waals surface area contributed by atoms with Crippen LogP contribution >= 0.6 is 45.1 Å². The number of hydrogen-bond donors (Lipinski definition) is 0. The summed E-state index contributed by atoms with van der Waals surface area (Å²) in [6, 6.07) is -0.367. The van der Waals surface area contributed by atoms with Gasteiger partial charge in [-0.3, -0.25) is 29.0 Å². The van der Waals surface area contributed by atoms with E-state index in [1.165, 1.54) is 49.2 Å². The third-order valence-corrected chi connectivity index (χ3v) is 9.79. The molecule has 4 amide bonds. The Bertz CT molecular complexity index is 756. The first kappa shape index (κ1) is 26.7. The maximum absolute atomic E-state index is 13.0. The van der Waals surface area contributed by atoms with Gasteiger partial charge < -0.3 is 0 Å². The lowest BCUT2D eigenvalue weighted by Gasteiger charge is -2.24. The van der Waals surface area contributed by atoms with Gasteiger partial charge in [0.2, 0.25) is 11.8 Å². The van der Waals surface area contributed by atoms with Crippen LogP contribution in [0.3, 0.4) is 0 Å². The quantitative estimate of drug-likeness (QED) is 0.306. The van der Waals surface area contributed by atoms with Gasteiger partial charge in [0, 0.05) is 23.4 Å². The van der Waals surface area contributed by atoms with Crippen LogP contribution in [0.1, 0.15) is 54.4 Å². The van der Waals surface area contributed by atoms with Gasteiger partial charge >= 0.3 is 0 Å². The minimum atomic E-state index is -0.349. The lowest BCUT2D eigenvalue weighted by atomic mass is 10.1. The monoisotopic (exact) mass is 504 g/mol. The highest BCUT2D eigenvalue weighted by molar-refractivity contribution is 8.77. The summed E-state index contributed by atoms with van der Waals surface area (Å²) in [5, 5.41) is -0.335. The number of carbonyl (C=O) groups is 4. The SMILES string of the molecule is CSSC1C(=O)N(C(C)CCC(C)SC2=CC(=O)N(C(C)C)C2=O)C(=O)C1SC(C)C. The molecule has 174 valence electrons. The van der Waals surface area contributed by atoms with Crippen molar-refractivity contribution >= 4 is 68.7 Å². The first-order valence-electron chi connectivity index (χ1n) is 10.5. The molecule has 4 atom stereocenters. The van der Waals surface area contributed by atoms with Crippen LogP contribution in [0, 0.1) is 0 Å². The summed E-state index contributed by atoms with van der Waals surface area (Å²) >= 11 is 2.95. The van der Waals surface area contributed by atoms with Crippen LogP contribution < -0.4 is 0 Å². The van der Waals surface area contributed by atoms with Crippen molar-refractivity contribution in [1.29, 1.82) is 0 Å². The van der Waals surface area contributed by atoms with Crippen LogP contribution in [-0.4, -0.2) is 72.8 Å². The number of carbonyl (C=O) groups excluding carboxylic acids is 4. The summed E-state index contributed by atoms with van der Waals surface area (Å²) in [6.07, 6.45) is 4.73. The minimum absolute atomic E-state index is 0.0857. The fraction of sp³-hybridized carbons (Fsp3) is 0.714. The van der Waals surface area contributed by atoms with Crippen molar-refractivity contribution in [2.24, 2.45) is 0 Å². The minimum Gasteiger partial charge on any atom is -0.278 e. The highest BCUT2D eigenvalue weighted by Gasteiger charge is 2.50. The van der Waals surface area contributed by atoms with Crippen LogP contribution in [-0.2, 0) is 19.2 Å². The summed E-state index contributed by atoms with van der Waals surface area (Å²) in [4.78, 5) is 53.7. The zero-order valence-corrected chi connectivity index (χ0v) is 22.4. The highest BCUT2D eigenvalue weighted by Crippen LogP contribution is 2.41. The number of imide groups is 2. The lowest BCUT2D eigenvalue weighted by molar-refractivity contribution is -0.141. The van der Waals surface area contributed by atoms with Crippen molar-refractivity contribution in [1.82, 2.24) is 9.80 Å². The fourth-order valence-corrected chi connectivity index (χ4v) is 8.13. The second kappa shape index (κ2) is 11.5. The van der Waals surface area contributed by atoms with E-state index < -0.39 is 0 Å². The Morgan fingerprint density at radius 1 is 0.903 bits per heavy atom. The molecule has 0 aromatic rings. The van der Waals surface area contributed by atoms with Crippen molar-refractivity contribution in [3.63, 3.8) is 0 Å². The van der Waals surface area contributed by atoms with Crippen molar-refractivity contribution in [3.05, 3.63) is 11.0 Å². The van der Waals surface area contributed by atoms with Crippen molar-refractivity contribution in [3.8, 4) is 0 Å². The Balaban J connectivity index is 1.97. The van der Waals surface area contributed by atoms with Crippen LogP contribution in [0.2, 0.25) is 0 Å². The lowest BCUT2D eigenvalue weighted by Crippen LogP contribution is -2.39. The van der Waals surface area contributed by atoms with E-state index in [-0.39, 0.29) is 56.7 Å². The summed E-state index contributed by atoms with van der Waals surface area (Å²) in [5.41, 5.74) is 0. The van der Waals surface area contributed by atoms with Gasteiger partial charge in [-0.2, -0.15) is 0 Å². The zero-order chi connectivity index (χ0) is 23.5. The predicted octanol–water partition coefficient (Wildman–Crippen LogP) is 4.20. The Morgan fingerprint density at radius 2 is 1.52 bits per heavy atom. The molecular weight excluding hydrogens is 473 g/mol. The molecule has 0 aromatic heterocycles. The number of amides is 4. The summed E-state index contributed by atoms with van der Waals surface area (Å²) in [7, 11) is 2.99. The normalized spacial score (nSPS) is 24.1. The Morgan fingerprint density at radius 3 is 2.03 bits per heavy atom. The molecule has 0 N–H and O–H groups in total. The average molecular weight is 505 g/mol. The standard InChI is InChI=1S/C21H32N2O4S4/c1-11(2)22-16(24)10-15(19(22)25)30-14(6)9-8-13(5)23-20(26)17(29-12(3)4)18(21(23)27)31-28-7/h10-14,17-18H,8-9H2,1-7H3. The van der Waals surface area contributed by atoms with Crippen LogP contribution in [0.25, 0.3) is 0 Å². The van der Waals surface area contributed by atoms with E-state index in [1.54, 1.807) is 11.8 Å². The topological polar surface area (TPSA) is 74.8 Å². The van der Waals surface area contributed by atoms with Crippen molar-refractivity contribution in [2.45, 2.75) is 87.5 Å². The molecule has 4 unspecified atom stereocenters. The van der Waals surface area contributed by atoms with E-state index in [9.17, 15) is 19.2 Å². The number of likely N-dealkylation sites (tertiary alicyclic amines) is 1. The van der Waals surface area contributed by atoms with E-state index in [0.29, 0.717) is 11.3 Å². The molecule has 6 nitrogen and oxygen atoms in total. The molecule has 2 aliphatic rings. The average Bonchev–Trinajstić information content (AvgIpc) is 3.07. The van der Waals surface area contributed by atoms with Crippen molar-refractivity contribution in [2.75, 3.05) is 6.26 Å². The number of hydrogen-bond acceptors (Lipinski definition) is 8. The first-order chi connectivity index (χ1) is 14.5. The van der Waals surface area contributed by atoms with E-state index in [4.69, 9.17) is 0 Å². The largest absolute Gasteiger partial charge is 0.278 e. The molecule has 0 spiro atoms. The summed E-state index contributed by atoms with van der Waals surface area (Å²) in [6.45, 7) is 11.6. The smallest absolute Gasteiger partial charge is 0.267 e. The Labute approximate surface area is 201 Å². The summed E-state index contributed by atoms with van der Waals surface area (Å²) < 4.78 is 0. The van der Waals surface area contributed by atoms with Crippen LogP contribution in [0.4, 0.5) is 0 Å². The Hall–Kier alpha value is -0.580. The van der Waals surface area contributed by atoms with E-state index in [0.717, 1.165) is 6.42 Å². The van der Waals surface area contributed by atoms with Gasteiger partial charge in [-0.05, 0) is 45.1 Å². The third kappa shape index (κ3) is 6.26. The number of rotatable bonds is 11. The number of nitrogens with zero attached hydrogens (tertiary/aromatic N) is 2. The number of thioether (sulfide) groups is 2. The molecule has 2 aliphatic heterocycles. The van der Waals surface area contributed by atoms with Gasteiger partial charge in [0.1, 0.15) is 10.5 Å². The maximum atomic E-state index is 13.0. The molecule has 0 aromatic carbocycles. The van der Waals surface area contributed by atoms with Crippen molar-refractivity contribution < 1.29 is 19.2 Å². The molecule has 2 heterocycles. The van der Waals surface area contributed by atoms with Gasteiger partial charge in [0.05, 0.1) is 4.91 Å². The van der Waals surface area contributed by atoms with E-state index in [1.807, 2.05) is 47.8 Å². The van der Waals surface area contributed by atoms with Gasteiger partial charge in [-0.25, -0.2) is 0 Å². The zero-order valence-electron chi connectivity index (χ0n) is 19.1. The molecule has 0 saturated carbocycles. The maximum Gasteiger partial charge on any atom is 0.267 e. The molecule has 1 saturated heterocycles. The molecule has 0 radical (unpaired) electrons. The van der Waals surface area contributed by atoms with E-state index >= 15 is 0 Å². The van der Waals surface area contributed by atoms with Crippen LogP contribution in [0.5, 0.6) is 0 Å². The second-order valence-electron chi connectivity index (χ2n) is 8.31. The highest BCUT2D eigenvalue weighted by atomic mass is 33.1. The molecule has 31 heavy (non-hydrogen) atoms. The van der Waals surface area contributed by atoms with Crippen LogP contribution in [0.15, 0.2) is 11.0 Å². The van der Waals surface area contributed by atoms with Gasteiger partial charge in [-0.1, -0.05) is 42.4 Å².